The van der Waals surface area contributed by atoms with Crippen molar-refractivity contribution in [2.24, 2.45) is 0 Å². The molecule has 0 atom stereocenters. The number of aryl methyl sites for hydroxylation is 2. The van der Waals surface area contributed by atoms with Crippen molar-refractivity contribution in [2.45, 2.75) is 20.3 Å². The van der Waals surface area contributed by atoms with Crippen LogP contribution < -0.4 is 14.8 Å². The minimum absolute atomic E-state index is 0.266. The van der Waals surface area contributed by atoms with Gasteiger partial charge in [0.05, 0.1) is 43.7 Å². The van der Waals surface area contributed by atoms with Gasteiger partial charge in [-0.05, 0) is 49.6 Å². The number of ether oxygens (including phenoxy) is 3. The van der Waals surface area contributed by atoms with E-state index in [1.54, 1.807) is 13.3 Å². The smallest absolute Gasteiger partial charge is 0.163 e. The molecule has 2 N–H and O–H groups in total. The normalized spacial score (nSPS) is 14.1. The zero-order valence-corrected chi connectivity index (χ0v) is 19.9. The number of pyridine rings is 1. The van der Waals surface area contributed by atoms with E-state index in [2.05, 4.69) is 21.3 Å². The summed E-state index contributed by atoms with van der Waals surface area (Å²) < 4.78 is 17.1. The Bertz CT molecular complexity index is 1190. The van der Waals surface area contributed by atoms with Crippen molar-refractivity contribution < 1.29 is 19.3 Å². The summed E-state index contributed by atoms with van der Waals surface area (Å²) in [6.07, 6.45) is 2.45. The topological polar surface area (TPSA) is 99.9 Å². The van der Waals surface area contributed by atoms with Crippen molar-refractivity contribution in [3.8, 4) is 23.3 Å². The van der Waals surface area contributed by atoms with Gasteiger partial charge < -0.3 is 24.6 Å². The summed E-state index contributed by atoms with van der Waals surface area (Å²) in [5.41, 5.74) is 4.03. The summed E-state index contributed by atoms with van der Waals surface area (Å²) in [6.45, 7) is 8.70. The van der Waals surface area contributed by atoms with Gasteiger partial charge >= 0.3 is 0 Å². The highest BCUT2D eigenvalue weighted by Gasteiger charge is 2.16. The lowest BCUT2D eigenvalue weighted by molar-refractivity contribution is 0.0357. The Morgan fingerprint density at radius 2 is 1.88 bits per heavy atom. The van der Waals surface area contributed by atoms with Crippen LogP contribution in [0.2, 0.25) is 0 Å². The molecular weight excluding hydrogens is 432 g/mol. The molecule has 0 amide bonds. The molecule has 4 rings (SSSR count). The van der Waals surface area contributed by atoms with Crippen molar-refractivity contribution in [1.29, 1.82) is 5.26 Å². The molecule has 1 aliphatic rings. The first-order valence-corrected chi connectivity index (χ1v) is 11.4. The number of methoxy groups -OCH3 is 1. The first-order chi connectivity index (χ1) is 16.5. The predicted molar refractivity (Wildman–Crippen MR) is 131 cm³/mol. The largest absolute Gasteiger partial charge is 0.507 e. The number of benzene rings is 2. The number of hydrogen-bond donors (Lipinski definition) is 2. The Morgan fingerprint density at radius 1 is 1.15 bits per heavy atom. The average Bonchev–Trinajstić information content (AvgIpc) is 2.85. The lowest BCUT2D eigenvalue weighted by atomic mass is 10.1. The second-order valence-electron chi connectivity index (χ2n) is 8.42. The van der Waals surface area contributed by atoms with Gasteiger partial charge in [0.25, 0.3) is 0 Å². The second kappa shape index (κ2) is 10.6. The lowest BCUT2D eigenvalue weighted by Gasteiger charge is -2.26. The van der Waals surface area contributed by atoms with Crippen molar-refractivity contribution in [3.05, 3.63) is 47.2 Å². The molecule has 0 saturated carbocycles. The third kappa shape index (κ3) is 5.16. The molecule has 1 fully saturated rings. The van der Waals surface area contributed by atoms with Crippen LogP contribution in [-0.2, 0) is 4.74 Å². The van der Waals surface area contributed by atoms with Crippen molar-refractivity contribution in [2.75, 3.05) is 51.9 Å². The molecule has 1 saturated heterocycles. The number of nitrogens with zero attached hydrogens (tertiary/aromatic N) is 3. The van der Waals surface area contributed by atoms with E-state index in [0.717, 1.165) is 61.5 Å². The standard InChI is InChI=1S/C26H30N4O4/c1-17-11-20(12-18(2)26(17)31)29-25-19(15-27)16-28-22-14-24(23(32-3)13-21(22)25)34-8-4-5-30-6-9-33-10-7-30/h11-14,16,31H,4-10H2,1-3H3,(H,28,29). The van der Waals surface area contributed by atoms with Gasteiger partial charge in [-0.3, -0.25) is 9.88 Å². The van der Waals surface area contributed by atoms with Crippen LogP contribution in [0.1, 0.15) is 23.1 Å². The summed E-state index contributed by atoms with van der Waals surface area (Å²) in [4.78, 5) is 6.86. The van der Waals surface area contributed by atoms with Gasteiger partial charge in [-0.1, -0.05) is 0 Å². The van der Waals surface area contributed by atoms with Crippen LogP contribution in [0.4, 0.5) is 11.4 Å². The highest BCUT2D eigenvalue weighted by atomic mass is 16.5. The molecule has 2 heterocycles. The zero-order valence-electron chi connectivity index (χ0n) is 19.9. The van der Waals surface area contributed by atoms with E-state index in [9.17, 15) is 10.4 Å². The molecule has 0 radical (unpaired) electrons. The van der Waals surface area contributed by atoms with Gasteiger partial charge in [0.15, 0.2) is 11.5 Å². The number of nitriles is 1. The van der Waals surface area contributed by atoms with Crippen LogP contribution in [-0.4, -0.2) is 61.6 Å². The van der Waals surface area contributed by atoms with Gasteiger partial charge in [0.1, 0.15) is 11.8 Å². The van der Waals surface area contributed by atoms with Gasteiger partial charge in [-0.25, -0.2) is 0 Å². The molecule has 1 aromatic heterocycles. The van der Waals surface area contributed by atoms with Crippen molar-refractivity contribution >= 4 is 22.3 Å². The van der Waals surface area contributed by atoms with E-state index in [0.29, 0.717) is 34.9 Å². The highest BCUT2D eigenvalue weighted by Crippen LogP contribution is 2.38. The Kier molecular flexibility index (Phi) is 7.36. The number of fused-ring (bicyclic) bond motifs is 1. The summed E-state index contributed by atoms with van der Waals surface area (Å²) in [5.74, 6) is 1.47. The summed E-state index contributed by atoms with van der Waals surface area (Å²) in [6, 6.07) is 9.61. The Balaban J connectivity index is 1.59. The predicted octanol–water partition coefficient (Wildman–Crippen LogP) is 4.28. The van der Waals surface area contributed by atoms with Gasteiger partial charge in [0.2, 0.25) is 0 Å². The molecule has 8 nitrogen and oxygen atoms in total. The zero-order chi connectivity index (χ0) is 24.1. The van der Waals surface area contributed by atoms with Gasteiger partial charge in [0, 0.05) is 43.0 Å². The maximum atomic E-state index is 10.1. The average molecular weight is 463 g/mol. The minimum atomic E-state index is 0.266. The van der Waals surface area contributed by atoms with Gasteiger partial charge in [-0.15, -0.1) is 0 Å². The fourth-order valence-corrected chi connectivity index (χ4v) is 4.16. The van der Waals surface area contributed by atoms with Crippen LogP contribution in [0.25, 0.3) is 10.9 Å². The molecule has 178 valence electrons. The molecular formula is C26H30N4O4. The minimum Gasteiger partial charge on any atom is -0.507 e. The van der Waals surface area contributed by atoms with Gasteiger partial charge in [-0.2, -0.15) is 5.26 Å². The molecule has 0 spiro atoms. The van der Waals surface area contributed by atoms with E-state index in [4.69, 9.17) is 14.2 Å². The quantitative estimate of drug-likeness (QED) is 0.378. The first-order valence-electron chi connectivity index (χ1n) is 11.4. The highest BCUT2D eigenvalue weighted by molar-refractivity contribution is 5.97. The van der Waals surface area contributed by atoms with E-state index in [-0.39, 0.29) is 5.75 Å². The number of morpholine rings is 1. The van der Waals surface area contributed by atoms with Crippen LogP contribution in [0.3, 0.4) is 0 Å². The summed E-state index contributed by atoms with van der Waals surface area (Å²) in [5, 5.41) is 23.9. The van der Waals surface area contributed by atoms with Crippen LogP contribution in [0.15, 0.2) is 30.5 Å². The number of phenols is 1. The molecule has 34 heavy (non-hydrogen) atoms. The number of rotatable bonds is 8. The molecule has 0 bridgehead atoms. The van der Waals surface area contributed by atoms with Crippen LogP contribution in [0, 0.1) is 25.2 Å². The maximum Gasteiger partial charge on any atom is 0.163 e. The molecule has 0 unspecified atom stereocenters. The van der Waals surface area contributed by atoms with E-state index < -0.39 is 0 Å². The SMILES string of the molecule is COc1cc2c(Nc3cc(C)c(O)c(C)c3)c(C#N)cnc2cc1OCCCN1CCOCC1. The second-order valence-corrected chi connectivity index (χ2v) is 8.42. The van der Waals surface area contributed by atoms with Crippen LogP contribution in [0.5, 0.6) is 17.2 Å². The Labute approximate surface area is 199 Å². The Hall–Kier alpha value is -3.54. The maximum absolute atomic E-state index is 10.1. The molecule has 2 aromatic carbocycles. The number of aromatic hydroxyl groups is 1. The number of phenolic OH excluding ortho intramolecular Hbond substituents is 1. The first kappa shape index (κ1) is 23.6. The number of hydrogen-bond acceptors (Lipinski definition) is 8. The monoisotopic (exact) mass is 462 g/mol. The Morgan fingerprint density at radius 3 is 2.56 bits per heavy atom. The number of anilines is 2. The van der Waals surface area contributed by atoms with Crippen LogP contribution >= 0.6 is 0 Å². The van der Waals surface area contributed by atoms with Crippen molar-refractivity contribution in [3.63, 3.8) is 0 Å². The molecule has 3 aromatic rings. The van der Waals surface area contributed by atoms with Crippen molar-refractivity contribution in [1.82, 2.24) is 9.88 Å². The molecule has 1 aliphatic heterocycles. The molecule has 0 aliphatic carbocycles. The lowest BCUT2D eigenvalue weighted by Crippen LogP contribution is -2.37. The fourth-order valence-electron chi connectivity index (χ4n) is 4.16. The van der Waals surface area contributed by atoms with E-state index in [1.165, 1.54) is 0 Å². The number of nitrogens with one attached hydrogen (secondary N) is 1. The van der Waals surface area contributed by atoms with E-state index >= 15 is 0 Å². The third-order valence-electron chi connectivity index (χ3n) is 6.01. The summed E-state index contributed by atoms with van der Waals surface area (Å²) in [7, 11) is 1.60. The van der Waals surface area contributed by atoms with E-state index in [1.807, 2.05) is 38.1 Å². The summed E-state index contributed by atoms with van der Waals surface area (Å²) >= 11 is 0. The third-order valence-corrected chi connectivity index (χ3v) is 6.01. The fraction of sp³-hybridized carbons (Fsp3) is 0.385. The number of aromatic nitrogens is 1. The molecule has 8 heteroatoms.